The van der Waals surface area contributed by atoms with Crippen LogP contribution in [0.4, 0.5) is 4.39 Å². The van der Waals surface area contributed by atoms with E-state index >= 15 is 0 Å². The summed E-state index contributed by atoms with van der Waals surface area (Å²) in [6.45, 7) is 2.44. The minimum atomic E-state index is -0.320. The molecule has 5 heteroatoms. The van der Waals surface area contributed by atoms with Crippen LogP contribution in [0.3, 0.4) is 0 Å². The molecule has 0 amide bonds. The van der Waals surface area contributed by atoms with E-state index in [0.717, 1.165) is 0 Å². The van der Waals surface area contributed by atoms with Crippen LogP contribution in [0.2, 0.25) is 0 Å². The van der Waals surface area contributed by atoms with Gasteiger partial charge in [0.2, 0.25) is 0 Å². The number of carbonyl (C=O) groups excluding carboxylic acids is 1. The molecule has 82 valence electrons. The number of hydrogen-bond donors (Lipinski definition) is 0. The summed E-state index contributed by atoms with van der Waals surface area (Å²) >= 11 is 0. The first kappa shape index (κ1) is 10.5. The van der Waals surface area contributed by atoms with Gasteiger partial charge in [-0.3, -0.25) is 4.79 Å². The van der Waals surface area contributed by atoms with Gasteiger partial charge in [-0.2, -0.15) is 0 Å². The van der Waals surface area contributed by atoms with Crippen LogP contribution >= 0.6 is 0 Å². The number of aryl methyl sites for hydroxylation is 1. The smallest absolute Gasteiger partial charge is 0.170 e. The van der Waals surface area contributed by atoms with Crippen molar-refractivity contribution < 1.29 is 9.18 Å². The molecule has 0 bridgehead atoms. The van der Waals surface area contributed by atoms with Crippen molar-refractivity contribution in [2.75, 3.05) is 0 Å². The molecule has 16 heavy (non-hydrogen) atoms. The van der Waals surface area contributed by atoms with E-state index in [4.69, 9.17) is 0 Å². The highest BCUT2D eigenvalue weighted by molar-refractivity contribution is 5.83. The Labute approximate surface area is 91.7 Å². The summed E-state index contributed by atoms with van der Waals surface area (Å²) in [4.78, 5) is 10.9. The Morgan fingerprint density at radius 3 is 2.62 bits per heavy atom. The fourth-order valence-corrected chi connectivity index (χ4v) is 1.48. The number of aldehydes is 1. The van der Waals surface area contributed by atoms with Crippen LogP contribution in [0.5, 0.6) is 0 Å². The zero-order valence-corrected chi connectivity index (χ0v) is 8.72. The number of halogens is 1. The quantitative estimate of drug-likeness (QED) is 0.741. The standard InChI is InChI=1S/C11H10FN3O/c1-2-15-10(7-16)11(13-14-15)8-3-5-9(12)6-4-8/h3-7H,2H2,1H3. The van der Waals surface area contributed by atoms with Gasteiger partial charge in [-0.15, -0.1) is 5.10 Å². The summed E-state index contributed by atoms with van der Waals surface area (Å²) in [5.41, 5.74) is 1.58. The molecule has 4 nitrogen and oxygen atoms in total. The van der Waals surface area contributed by atoms with Crippen LogP contribution in [0.15, 0.2) is 24.3 Å². The Morgan fingerprint density at radius 2 is 2.06 bits per heavy atom. The summed E-state index contributed by atoms with van der Waals surface area (Å²) in [5, 5.41) is 7.76. The number of benzene rings is 1. The van der Waals surface area contributed by atoms with Crippen molar-refractivity contribution in [3.8, 4) is 11.3 Å². The minimum absolute atomic E-state index is 0.320. The summed E-state index contributed by atoms with van der Waals surface area (Å²) in [6.07, 6.45) is 0.711. The first-order valence-corrected chi connectivity index (χ1v) is 4.91. The second-order valence-electron chi connectivity index (χ2n) is 3.26. The van der Waals surface area contributed by atoms with E-state index in [1.165, 1.54) is 16.8 Å². The van der Waals surface area contributed by atoms with E-state index in [0.29, 0.717) is 29.8 Å². The molecule has 1 aromatic carbocycles. The molecule has 0 saturated carbocycles. The molecule has 0 unspecified atom stereocenters. The highest BCUT2D eigenvalue weighted by Gasteiger charge is 2.12. The number of carbonyl (C=O) groups is 1. The summed E-state index contributed by atoms with van der Waals surface area (Å²) in [5.74, 6) is -0.320. The molecule has 0 fully saturated rings. The van der Waals surface area contributed by atoms with Crippen molar-refractivity contribution in [2.24, 2.45) is 0 Å². The van der Waals surface area contributed by atoms with E-state index in [2.05, 4.69) is 10.3 Å². The summed E-state index contributed by atoms with van der Waals surface area (Å²) < 4.78 is 14.3. The first-order valence-electron chi connectivity index (χ1n) is 4.91. The van der Waals surface area contributed by atoms with Crippen LogP contribution < -0.4 is 0 Å². The van der Waals surface area contributed by atoms with Crippen LogP contribution in [0, 0.1) is 5.82 Å². The Morgan fingerprint density at radius 1 is 1.38 bits per heavy atom. The van der Waals surface area contributed by atoms with E-state index in [-0.39, 0.29) is 5.82 Å². The molecule has 2 aromatic rings. The van der Waals surface area contributed by atoms with Crippen molar-refractivity contribution in [3.63, 3.8) is 0 Å². The minimum Gasteiger partial charge on any atom is -0.296 e. The maximum atomic E-state index is 12.7. The fourth-order valence-electron chi connectivity index (χ4n) is 1.48. The van der Waals surface area contributed by atoms with E-state index < -0.39 is 0 Å². The van der Waals surface area contributed by atoms with Crippen LogP contribution in [0.1, 0.15) is 17.4 Å². The molecule has 1 aromatic heterocycles. The van der Waals surface area contributed by atoms with Gasteiger partial charge < -0.3 is 0 Å². The van der Waals surface area contributed by atoms with Gasteiger partial charge in [0.25, 0.3) is 0 Å². The molecule has 0 atom stereocenters. The molecular formula is C11H10FN3O. The van der Waals surface area contributed by atoms with Crippen LogP contribution in [-0.4, -0.2) is 21.3 Å². The van der Waals surface area contributed by atoms with Gasteiger partial charge in [-0.1, -0.05) is 5.21 Å². The van der Waals surface area contributed by atoms with Crippen molar-refractivity contribution >= 4 is 6.29 Å². The third-order valence-electron chi connectivity index (χ3n) is 2.30. The van der Waals surface area contributed by atoms with Gasteiger partial charge in [-0.05, 0) is 31.2 Å². The number of rotatable bonds is 3. The summed E-state index contributed by atoms with van der Waals surface area (Å²) in [6, 6.07) is 5.81. The fraction of sp³-hybridized carbons (Fsp3) is 0.182. The van der Waals surface area contributed by atoms with Crippen molar-refractivity contribution in [1.29, 1.82) is 0 Å². The van der Waals surface area contributed by atoms with Gasteiger partial charge in [0.15, 0.2) is 6.29 Å². The van der Waals surface area contributed by atoms with Gasteiger partial charge in [0.05, 0.1) is 0 Å². The highest BCUT2D eigenvalue weighted by atomic mass is 19.1. The maximum Gasteiger partial charge on any atom is 0.170 e. The lowest BCUT2D eigenvalue weighted by Gasteiger charge is -1.99. The zero-order valence-electron chi connectivity index (χ0n) is 8.72. The molecule has 0 aliphatic carbocycles. The Kier molecular flexibility index (Phi) is 2.76. The highest BCUT2D eigenvalue weighted by Crippen LogP contribution is 2.20. The van der Waals surface area contributed by atoms with Gasteiger partial charge in [0, 0.05) is 12.1 Å². The topological polar surface area (TPSA) is 47.8 Å². The normalized spacial score (nSPS) is 10.4. The lowest BCUT2D eigenvalue weighted by Crippen LogP contribution is -2.01. The average molecular weight is 219 g/mol. The van der Waals surface area contributed by atoms with Gasteiger partial charge >= 0.3 is 0 Å². The predicted octanol–water partition coefficient (Wildman–Crippen LogP) is 1.92. The molecule has 0 aliphatic heterocycles. The Balaban J connectivity index is 2.51. The predicted molar refractivity (Wildman–Crippen MR) is 56.5 cm³/mol. The SMILES string of the molecule is CCn1nnc(-c2ccc(F)cc2)c1C=O. The molecule has 2 rings (SSSR count). The molecule has 0 aliphatic rings. The lowest BCUT2D eigenvalue weighted by atomic mass is 10.1. The Hall–Kier alpha value is -2.04. The molecular weight excluding hydrogens is 209 g/mol. The second kappa shape index (κ2) is 4.22. The van der Waals surface area contributed by atoms with Crippen molar-refractivity contribution in [3.05, 3.63) is 35.8 Å². The lowest BCUT2D eigenvalue weighted by molar-refractivity contribution is 0.111. The van der Waals surface area contributed by atoms with E-state index in [1.54, 1.807) is 12.1 Å². The van der Waals surface area contributed by atoms with Crippen molar-refractivity contribution in [1.82, 2.24) is 15.0 Å². The number of hydrogen-bond acceptors (Lipinski definition) is 3. The van der Waals surface area contributed by atoms with Crippen molar-refractivity contribution in [2.45, 2.75) is 13.5 Å². The van der Waals surface area contributed by atoms with E-state index in [9.17, 15) is 9.18 Å². The molecule has 0 spiro atoms. The van der Waals surface area contributed by atoms with E-state index in [1.807, 2.05) is 6.92 Å². The van der Waals surface area contributed by atoms with Crippen LogP contribution in [0.25, 0.3) is 11.3 Å². The van der Waals surface area contributed by atoms with Gasteiger partial charge in [-0.25, -0.2) is 9.07 Å². The summed E-state index contributed by atoms with van der Waals surface area (Å²) in [7, 11) is 0. The third-order valence-corrected chi connectivity index (χ3v) is 2.30. The van der Waals surface area contributed by atoms with Gasteiger partial charge in [0.1, 0.15) is 17.2 Å². The molecule has 0 radical (unpaired) electrons. The Bertz CT molecular complexity index is 504. The third kappa shape index (κ3) is 1.71. The average Bonchev–Trinajstić information content (AvgIpc) is 2.72. The monoisotopic (exact) mass is 219 g/mol. The molecule has 1 heterocycles. The second-order valence-corrected chi connectivity index (χ2v) is 3.26. The van der Waals surface area contributed by atoms with Crippen LogP contribution in [-0.2, 0) is 6.54 Å². The first-order chi connectivity index (χ1) is 7.76. The largest absolute Gasteiger partial charge is 0.296 e. The number of nitrogens with zero attached hydrogens (tertiary/aromatic N) is 3. The zero-order chi connectivity index (χ0) is 11.5. The maximum absolute atomic E-state index is 12.7. The molecule has 0 saturated heterocycles. The number of aromatic nitrogens is 3. The molecule has 0 N–H and O–H groups in total.